The molecule has 1 heterocycles. The van der Waals surface area contributed by atoms with Gasteiger partial charge in [-0.15, -0.1) is 0 Å². The summed E-state index contributed by atoms with van der Waals surface area (Å²) in [6.45, 7) is 3.97. The van der Waals surface area contributed by atoms with E-state index in [1.807, 2.05) is 20.0 Å². The lowest BCUT2D eigenvalue weighted by atomic mass is 10.1. The van der Waals surface area contributed by atoms with Crippen molar-refractivity contribution in [2.24, 2.45) is 5.73 Å². The van der Waals surface area contributed by atoms with Gasteiger partial charge in [0, 0.05) is 12.2 Å². The van der Waals surface area contributed by atoms with E-state index in [1.165, 1.54) is 5.56 Å². The fraction of sp³-hybridized carbons (Fsp3) is 0.500. The molecule has 0 radical (unpaired) electrons. The van der Waals surface area contributed by atoms with Gasteiger partial charge in [-0.3, -0.25) is 0 Å². The molecule has 0 aliphatic heterocycles. The molecule has 0 unspecified atom stereocenters. The zero-order valence-electron chi connectivity index (χ0n) is 8.05. The molecule has 0 amide bonds. The average Bonchev–Trinajstić information content (AvgIpc) is 2.07. The van der Waals surface area contributed by atoms with Crippen LogP contribution in [0.15, 0.2) is 12.3 Å². The highest BCUT2D eigenvalue weighted by atomic mass is 35.5. The van der Waals surface area contributed by atoms with Crippen LogP contribution in [0.2, 0.25) is 5.15 Å². The Morgan fingerprint density at radius 2 is 2.31 bits per heavy atom. The van der Waals surface area contributed by atoms with E-state index in [9.17, 15) is 0 Å². The lowest BCUT2D eigenvalue weighted by Crippen LogP contribution is -2.15. The van der Waals surface area contributed by atoms with Crippen LogP contribution >= 0.6 is 11.6 Å². The number of nitrogens with zero attached hydrogens (tertiary/aromatic N) is 1. The Labute approximate surface area is 84.1 Å². The van der Waals surface area contributed by atoms with E-state index in [1.54, 1.807) is 0 Å². The van der Waals surface area contributed by atoms with Crippen molar-refractivity contribution in [1.29, 1.82) is 0 Å². The lowest BCUT2D eigenvalue weighted by Gasteiger charge is -2.05. The molecule has 0 spiro atoms. The third kappa shape index (κ3) is 3.33. The molecule has 1 aromatic heterocycles. The number of aryl methyl sites for hydroxylation is 2. The molecule has 72 valence electrons. The number of pyridine rings is 1. The molecular formula is C10H15ClN2. The molecular weight excluding hydrogens is 184 g/mol. The molecule has 0 aliphatic carbocycles. The number of halogens is 1. The van der Waals surface area contributed by atoms with Crippen molar-refractivity contribution in [2.45, 2.75) is 32.7 Å². The first-order valence-electron chi connectivity index (χ1n) is 4.46. The van der Waals surface area contributed by atoms with Crippen LogP contribution in [-0.4, -0.2) is 11.0 Å². The Morgan fingerprint density at radius 1 is 1.62 bits per heavy atom. The SMILES string of the molecule is Cc1cc(CC[C@@H](C)N)cnc1Cl. The summed E-state index contributed by atoms with van der Waals surface area (Å²) in [6, 6.07) is 2.31. The van der Waals surface area contributed by atoms with Crippen molar-refractivity contribution in [2.75, 3.05) is 0 Å². The molecule has 0 aliphatic rings. The molecule has 2 N–H and O–H groups in total. The summed E-state index contributed by atoms with van der Waals surface area (Å²) in [5, 5.41) is 0.588. The summed E-state index contributed by atoms with van der Waals surface area (Å²) in [6.07, 6.45) is 3.78. The standard InChI is InChI=1S/C10H15ClN2/c1-7-5-9(4-3-8(2)12)6-13-10(7)11/h5-6,8H,3-4,12H2,1-2H3/t8-/m1/s1. The normalized spacial score (nSPS) is 12.9. The smallest absolute Gasteiger partial charge is 0.131 e. The highest BCUT2D eigenvalue weighted by Crippen LogP contribution is 2.13. The van der Waals surface area contributed by atoms with Gasteiger partial charge in [0.15, 0.2) is 0 Å². The van der Waals surface area contributed by atoms with Crippen LogP contribution in [0.25, 0.3) is 0 Å². The average molecular weight is 199 g/mol. The van der Waals surface area contributed by atoms with Crippen molar-refractivity contribution >= 4 is 11.6 Å². The molecule has 0 fully saturated rings. The Hall–Kier alpha value is -0.600. The van der Waals surface area contributed by atoms with E-state index in [4.69, 9.17) is 17.3 Å². The molecule has 1 aromatic rings. The van der Waals surface area contributed by atoms with Gasteiger partial charge in [-0.1, -0.05) is 17.7 Å². The third-order valence-corrected chi connectivity index (χ3v) is 2.36. The summed E-state index contributed by atoms with van der Waals surface area (Å²) in [5.41, 5.74) is 7.90. The molecule has 2 nitrogen and oxygen atoms in total. The minimum atomic E-state index is 0.246. The van der Waals surface area contributed by atoms with Gasteiger partial charge in [-0.25, -0.2) is 4.98 Å². The first-order chi connectivity index (χ1) is 6.09. The van der Waals surface area contributed by atoms with Crippen molar-refractivity contribution < 1.29 is 0 Å². The van der Waals surface area contributed by atoms with E-state index in [2.05, 4.69) is 11.1 Å². The fourth-order valence-electron chi connectivity index (χ4n) is 1.15. The van der Waals surface area contributed by atoms with E-state index < -0.39 is 0 Å². The third-order valence-electron chi connectivity index (χ3n) is 1.96. The molecule has 1 rings (SSSR count). The van der Waals surface area contributed by atoms with E-state index in [0.717, 1.165) is 18.4 Å². The molecule has 0 bridgehead atoms. The first-order valence-corrected chi connectivity index (χ1v) is 4.84. The Morgan fingerprint density at radius 3 is 2.85 bits per heavy atom. The minimum Gasteiger partial charge on any atom is -0.328 e. The van der Waals surface area contributed by atoms with Crippen molar-refractivity contribution in [1.82, 2.24) is 4.98 Å². The summed E-state index contributed by atoms with van der Waals surface area (Å²) >= 11 is 5.81. The topological polar surface area (TPSA) is 38.9 Å². The lowest BCUT2D eigenvalue weighted by molar-refractivity contribution is 0.665. The second-order valence-electron chi connectivity index (χ2n) is 3.47. The van der Waals surface area contributed by atoms with E-state index in [-0.39, 0.29) is 6.04 Å². The van der Waals surface area contributed by atoms with Crippen LogP contribution in [0.4, 0.5) is 0 Å². The summed E-state index contributed by atoms with van der Waals surface area (Å²) in [7, 11) is 0. The summed E-state index contributed by atoms with van der Waals surface area (Å²) in [4.78, 5) is 4.08. The van der Waals surface area contributed by atoms with Gasteiger partial charge >= 0.3 is 0 Å². The number of rotatable bonds is 3. The van der Waals surface area contributed by atoms with Gasteiger partial charge in [-0.05, 0) is 37.8 Å². The predicted molar refractivity (Wildman–Crippen MR) is 56.0 cm³/mol. The zero-order chi connectivity index (χ0) is 9.84. The van der Waals surface area contributed by atoms with E-state index in [0.29, 0.717) is 5.15 Å². The second-order valence-corrected chi connectivity index (χ2v) is 3.83. The Bertz CT molecular complexity index is 284. The maximum Gasteiger partial charge on any atom is 0.131 e. The van der Waals surface area contributed by atoms with Crippen LogP contribution in [0.5, 0.6) is 0 Å². The van der Waals surface area contributed by atoms with Crippen LogP contribution in [0.3, 0.4) is 0 Å². The quantitative estimate of drug-likeness (QED) is 0.758. The van der Waals surface area contributed by atoms with Gasteiger partial charge in [0.05, 0.1) is 0 Å². The number of aromatic nitrogens is 1. The van der Waals surface area contributed by atoms with E-state index >= 15 is 0 Å². The maximum atomic E-state index is 5.81. The highest BCUT2D eigenvalue weighted by Gasteiger charge is 2.00. The van der Waals surface area contributed by atoms with Gasteiger partial charge in [-0.2, -0.15) is 0 Å². The molecule has 1 atom stereocenters. The fourth-order valence-corrected chi connectivity index (χ4v) is 1.25. The van der Waals surface area contributed by atoms with Crippen LogP contribution in [0.1, 0.15) is 24.5 Å². The summed E-state index contributed by atoms with van der Waals surface area (Å²) < 4.78 is 0. The number of nitrogens with two attached hydrogens (primary N) is 1. The summed E-state index contributed by atoms with van der Waals surface area (Å²) in [5.74, 6) is 0. The second kappa shape index (κ2) is 4.58. The minimum absolute atomic E-state index is 0.246. The predicted octanol–water partition coefficient (Wildman–Crippen LogP) is 2.32. The zero-order valence-corrected chi connectivity index (χ0v) is 8.80. The molecule has 0 saturated carbocycles. The number of hydrogen-bond donors (Lipinski definition) is 1. The van der Waals surface area contributed by atoms with Crippen LogP contribution in [-0.2, 0) is 6.42 Å². The van der Waals surface area contributed by atoms with Crippen molar-refractivity contribution in [3.8, 4) is 0 Å². The van der Waals surface area contributed by atoms with Crippen LogP contribution in [0, 0.1) is 6.92 Å². The Balaban J connectivity index is 2.63. The van der Waals surface area contributed by atoms with Gasteiger partial charge in [0.2, 0.25) is 0 Å². The van der Waals surface area contributed by atoms with Crippen LogP contribution < -0.4 is 5.73 Å². The maximum absolute atomic E-state index is 5.81. The van der Waals surface area contributed by atoms with Crippen molar-refractivity contribution in [3.05, 3.63) is 28.5 Å². The number of hydrogen-bond acceptors (Lipinski definition) is 2. The highest BCUT2D eigenvalue weighted by molar-refractivity contribution is 6.30. The molecule has 13 heavy (non-hydrogen) atoms. The monoisotopic (exact) mass is 198 g/mol. The van der Waals surface area contributed by atoms with Gasteiger partial charge in [0.25, 0.3) is 0 Å². The molecule has 0 aromatic carbocycles. The van der Waals surface area contributed by atoms with Crippen molar-refractivity contribution in [3.63, 3.8) is 0 Å². The molecule has 0 saturated heterocycles. The van der Waals surface area contributed by atoms with Gasteiger partial charge in [0.1, 0.15) is 5.15 Å². The molecule has 3 heteroatoms. The van der Waals surface area contributed by atoms with Gasteiger partial charge < -0.3 is 5.73 Å². The Kier molecular flexibility index (Phi) is 3.70. The first kappa shape index (κ1) is 10.5. The largest absolute Gasteiger partial charge is 0.328 e.